The molecule has 0 aliphatic carbocycles. The number of anilines is 2. The van der Waals surface area contributed by atoms with Gasteiger partial charge in [-0.2, -0.15) is 9.47 Å². The molecule has 0 amide bonds. The topological polar surface area (TPSA) is 92.5 Å². The number of aryl methyl sites for hydroxylation is 1. The monoisotopic (exact) mass is 292 g/mol. The Kier molecular flexibility index (Phi) is 3.18. The van der Waals surface area contributed by atoms with E-state index in [0.29, 0.717) is 12.4 Å². The molecular weight excluding hydrogens is 280 g/mol. The summed E-state index contributed by atoms with van der Waals surface area (Å²) in [5.41, 5.74) is 8.78. The van der Waals surface area contributed by atoms with Crippen LogP contribution in [0.2, 0.25) is 0 Å². The molecule has 8 heteroatoms. The van der Waals surface area contributed by atoms with Crippen LogP contribution in [0.4, 0.5) is 10.8 Å². The molecule has 3 heterocycles. The number of nitrogens with one attached hydrogen (secondary N) is 2. The summed E-state index contributed by atoms with van der Waals surface area (Å²) in [6.45, 7) is 2.65. The van der Waals surface area contributed by atoms with Crippen molar-refractivity contribution < 1.29 is 0 Å². The van der Waals surface area contributed by atoms with E-state index >= 15 is 0 Å². The summed E-state index contributed by atoms with van der Waals surface area (Å²) < 4.78 is 4.20. The first-order chi connectivity index (χ1) is 9.24. The molecular formula is C11H12N6S2. The van der Waals surface area contributed by atoms with E-state index in [2.05, 4.69) is 24.9 Å². The van der Waals surface area contributed by atoms with Crippen molar-refractivity contribution in [3.05, 3.63) is 28.3 Å². The Bertz CT molecular complexity index is 669. The van der Waals surface area contributed by atoms with Gasteiger partial charge in [0.2, 0.25) is 0 Å². The molecule has 3 aromatic rings. The number of nitrogens with zero attached hydrogens (tertiary/aromatic N) is 3. The van der Waals surface area contributed by atoms with Crippen LogP contribution in [0.15, 0.2) is 17.8 Å². The van der Waals surface area contributed by atoms with Gasteiger partial charge in [-0.15, -0.1) is 11.3 Å². The molecule has 0 saturated carbocycles. The number of H-pyrrole nitrogens is 1. The fraction of sp³-hybridized carbons (Fsp3) is 0.182. The third kappa shape index (κ3) is 2.45. The first kappa shape index (κ1) is 12.1. The minimum absolute atomic E-state index is 0.519. The van der Waals surface area contributed by atoms with Crippen molar-refractivity contribution in [3.8, 4) is 11.3 Å². The first-order valence-electron chi connectivity index (χ1n) is 5.63. The standard InChI is InChI=1S/C11H12N6S2/c1-6-16-8(5-18-6)9-10(12)17-19-11(9)13-2-7-3-14-15-4-7/h3-5,13H,2H2,1H3,(H2,12,17)(H,14,15). The van der Waals surface area contributed by atoms with Crippen LogP contribution < -0.4 is 11.1 Å². The van der Waals surface area contributed by atoms with E-state index < -0.39 is 0 Å². The predicted octanol–water partition coefficient (Wildman–Crippen LogP) is 2.49. The van der Waals surface area contributed by atoms with E-state index in [0.717, 1.165) is 26.8 Å². The van der Waals surface area contributed by atoms with E-state index in [1.54, 1.807) is 17.5 Å². The number of nitrogens with two attached hydrogens (primary N) is 1. The third-order valence-electron chi connectivity index (χ3n) is 2.60. The highest BCUT2D eigenvalue weighted by molar-refractivity contribution is 7.11. The van der Waals surface area contributed by atoms with Crippen LogP contribution in [0.1, 0.15) is 10.6 Å². The maximum atomic E-state index is 5.94. The lowest BCUT2D eigenvalue weighted by atomic mass is 10.2. The SMILES string of the molecule is Cc1nc(-c2c(N)nsc2NCc2cn[nH]c2)cs1. The lowest BCUT2D eigenvalue weighted by Gasteiger charge is -2.03. The van der Waals surface area contributed by atoms with E-state index in [-0.39, 0.29) is 0 Å². The summed E-state index contributed by atoms with van der Waals surface area (Å²) in [7, 11) is 0. The molecule has 6 nitrogen and oxygen atoms in total. The quantitative estimate of drug-likeness (QED) is 0.687. The van der Waals surface area contributed by atoms with Crippen LogP contribution in [0.5, 0.6) is 0 Å². The van der Waals surface area contributed by atoms with Gasteiger partial charge in [-0.3, -0.25) is 5.10 Å². The highest BCUT2D eigenvalue weighted by Gasteiger charge is 2.16. The van der Waals surface area contributed by atoms with Gasteiger partial charge in [0, 0.05) is 23.7 Å². The second-order valence-corrected chi connectivity index (χ2v) is 5.82. The number of hydrogen-bond acceptors (Lipinski definition) is 7. The minimum Gasteiger partial charge on any atom is -0.382 e. The molecule has 3 rings (SSSR count). The molecule has 0 aliphatic rings. The average Bonchev–Trinajstić information content (AvgIpc) is 3.08. The Labute approximate surface area is 117 Å². The van der Waals surface area contributed by atoms with Crippen LogP contribution in [-0.4, -0.2) is 19.6 Å². The van der Waals surface area contributed by atoms with E-state index in [4.69, 9.17) is 5.73 Å². The lowest BCUT2D eigenvalue weighted by molar-refractivity contribution is 1.09. The zero-order valence-electron chi connectivity index (χ0n) is 10.2. The fourth-order valence-electron chi connectivity index (χ4n) is 1.71. The number of hydrogen-bond donors (Lipinski definition) is 3. The lowest BCUT2D eigenvalue weighted by Crippen LogP contribution is -1.98. The molecule has 0 radical (unpaired) electrons. The van der Waals surface area contributed by atoms with Crippen LogP contribution in [0, 0.1) is 6.92 Å². The highest BCUT2D eigenvalue weighted by Crippen LogP contribution is 2.37. The Balaban J connectivity index is 1.86. The second-order valence-electron chi connectivity index (χ2n) is 3.98. The summed E-state index contributed by atoms with van der Waals surface area (Å²) in [5.74, 6) is 0.519. The number of aromatic amines is 1. The fourth-order valence-corrected chi connectivity index (χ4v) is 3.03. The van der Waals surface area contributed by atoms with Gasteiger partial charge in [0.05, 0.1) is 22.5 Å². The van der Waals surface area contributed by atoms with Gasteiger partial charge in [0.1, 0.15) is 10.8 Å². The van der Waals surface area contributed by atoms with Crippen molar-refractivity contribution in [2.24, 2.45) is 0 Å². The molecule has 0 aromatic carbocycles. The molecule has 0 fully saturated rings. The smallest absolute Gasteiger partial charge is 0.148 e. The van der Waals surface area contributed by atoms with Crippen LogP contribution in [-0.2, 0) is 6.54 Å². The van der Waals surface area contributed by atoms with Gasteiger partial charge in [-0.25, -0.2) is 4.98 Å². The summed E-state index contributed by atoms with van der Waals surface area (Å²) in [6, 6.07) is 0. The number of rotatable bonds is 4. The summed E-state index contributed by atoms with van der Waals surface area (Å²) in [4.78, 5) is 4.47. The Morgan fingerprint density at radius 3 is 3.05 bits per heavy atom. The van der Waals surface area contributed by atoms with Crippen molar-refractivity contribution >= 4 is 33.7 Å². The maximum absolute atomic E-state index is 5.94. The summed E-state index contributed by atoms with van der Waals surface area (Å²) in [6.07, 6.45) is 3.63. The Morgan fingerprint density at radius 2 is 2.37 bits per heavy atom. The van der Waals surface area contributed by atoms with Crippen molar-refractivity contribution in [2.45, 2.75) is 13.5 Å². The average molecular weight is 292 g/mol. The molecule has 0 unspecified atom stereocenters. The predicted molar refractivity (Wildman–Crippen MR) is 78.3 cm³/mol. The minimum atomic E-state index is 0.519. The molecule has 0 bridgehead atoms. The van der Waals surface area contributed by atoms with Gasteiger partial charge in [0.15, 0.2) is 0 Å². The zero-order chi connectivity index (χ0) is 13.2. The van der Waals surface area contributed by atoms with Gasteiger partial charge >= 0.3 is 0 Å². The van der Waals surface area contributed by atoms with Gasteiger partial charge < -0.3 is 11.1 Å². The van der Waals surface area contributed by atoms with Crippen molar-refractivity contribution in [1.82, 2.24) is 19.6 Å². The molecule has 19 heavy (non-hydrogen) atoms. The van der Waals surface area contributed by atoms with Crippen molar-refractivity contribution in [1.29, 1.82) is 0 Å². The normalized spacial score (nSPS) is 10.8. The van der Waals surface area contributed by atoms with E-state index in [9.17, 15) is 0 Å². The Hall–Kier alpha value is -1.93. The number of thiazole rings is 1. The van der Waals surface area contributed by atoms with Crippen LogP contribution in [0.25, 0.3) is 11.3 Å². The third-order valence-corrected chi connectivity index (χ3v) is 4.19. The van der Waals surface area contributed by atoms with Gasteiger partial charge in [-0.05, 0) is 18.5 Å². The summed E-state index contributed by atoms with van der Waals surface area (Å²) in [5, 5.41) is 14.0. The van der Waals surface area contributed by atoms with Crippen LogP contribution in [0.3, 0.4) is 0 Å². The Morgan fingerprint density at radius 1 is 1.47 bits per heavy atom. The van der Waals surface area contributed by atoms with E-state index in [1.807, 2.05) is 18.5 Å². The molecule has 4 N–H and O–H groups in total. The second kappa shape index (κ2) is 4.98. The highest BCUT2D eigenvalue weighted by atomic mass is 32.1. The largest absolute Gasteiger partial charge is 0.382 e. The molecule has 0 aliphatic heterocycles. The van der Waals surface area contributed by atoms with Crippen molar-refractivity contribution in [2.75, 3.05) is 11.1 Å². The number of aromatic nitrogens is 4. The maximum Gasteiger partial charge on any atom is 0.148 e. The summed E-state index contributed by atoms with van der Waals surface area (Å²) >= 11 is 2.95. The molecule has 3 aromatic heterocycles. The van der Waals surface area contributed by atoms with E-state index in [1.165, 1.54) is 11.5 Å². The van der Waals surface area contributed by atoms with Crippen molar-refractivity contribution in [3.63, 3.8) is 0 Å². The molecule has 0 saturated heterocycles. The molecule has 98 valence electrons. The zero-order valence-corrected chi connectivity index (χ0v) is 11.8. The van der Waals surface area contributed by atoms with Gasteiger partial charge in [-0.1, -0.05) is 0 Å². The molecule has 0 spiro atoms. The van der Waals surface area contributed by atoms with Gasteiger partial charge in [0.25, 0.3) is 0 Å². The molecule has 0 atom stereocenters. The van der Waals surface area contributed by atoms with Crippen LogP contribution >= 0.6 is 22.9 Å². The first-order valence-corrected chi connectivity index (χ1v) is 7.28. The number of nitrogen functional groups attached to an aromatic ring is 1.